The van der Waals surface area contributed by atoms with E-state index in [0.717, 1.165) is 34.9 Å². The van der Waals surface area contributed by atoms with Gasteiger partial charge in [0.1, 0.15) is 31.6 Å². The summed E-state index contributed by atoms with van der Waals surface area (Å²) < 4.78 is 10.5. The average Bonchev–Trinajstić information content (AvgIpc) is 3.26. The molecular weight excluding hydrogens is 627 g/mol. The van der Waals surface area contributed by atoms with E-state index in [1.54, 1.807) is 18.2 Å². The Morgan fingerprint density at radius 2 is 1.50 bits per heavy atom. The molecule has 1 heterocycles. The summed E-state index contributed by atoms with van der Waals surface area (Å²) in [6.07, 6.45) is 5.76. The number of nitrogens with one attached hydrogen (secondary N) is 1. The van der Waals surface area contributed by atoms with Gasteiger partial charge in [-0.25, -0.2) is 9.13 Å². The zero-order chi connectivity index (χ0) is 24.8. The van der Waals surface area contributed by atoms with E-state index in [0.29, 0.717) is 33.2 Å². The van der Waals surface area contributed by atoms with E-state index in [9.17, 15) is 0 Å². The molecule has 0 saturated carbocycles. The van der Waals surface area contributed by atoms with Gasteiger partial charge in [-0.05, 0) is 54.1 Å². The van der Waals surface area contributed by atoms with Crippen LogP contribution >= 0.6 is 58.0 Å². The quantitative estimate of drug-likeness (QED) is 0.242. The number of anilines is 1. The van der Waals surface area contributed by atoms with Gasteiger partial charge in [0.2, 0.25) is 6.33 Å². The van der Waals surface area contributed by atoms with Crippen molar-refractivity contribution in [3.05, 3.63) is 116 Å². The number of nitrogens with zero attached hydrogens (tertiary/aromatic N) is 2. The lowest BCUT2D eigenvalue weighted by Crippen LogP contribution is -3.00. The summed E-state index contributed by atoms with van der Waals surface area (Å²) in [5.41, 5.74) is 2.73. The smallest absolute Gasteiger partial charge is 0.243 e. The Bertz CT molecular complexity index is 1280. The average molecular weight is 651 g/mol. The van der Waals surface area contributed by atoms with E-state index in [4.69, 9.17) is 62.7 Å². The second-order valence-corrected chi connectivity index (χ2v) is 10.1. The number of rotatable bonds is 10. The Balaban J connectivity index is 0.00000361. The molecule has 190 valence electrons. The zero-order valence-electron chi connectivity index (χ0n) is 19.0. The molecule has 0 radical (unpaired) electrons. The third-order valence-corrected chi connectivity index (χ3v) is 6.83. The first-order chi connectivity index (χ1) is 16.9. The summed E-state index contributed by atoms with van der Waals surface area (Å²) in [7, 11) is 0. The molecule has 0 fully saturated rings. The summed E-state index contributed by atoms with van der Waals surface area (Å²) >= 11 is 31.0. The van der Waals surface area contributed by atoms with Crippen molar-refractivity contribution in [3.63, 3.8) is 0 Å². The second-order valence-electron chi connectivity index (χ2n) is 7.98. The molecule has 0 amide bonds. The lowest BCUT2D eigenvalue weighted by atomic mass is 10.1. The van der Waals surface area contributed by atoms with Gasteiger partial charge in [0.15, 0.2) is 0 Å². The number of halogens is 6. The molecule has 0 aliphatic carbocycles. The molecule has 1 N–H and O–H groups in total. The fourth-order valence-corrected chi connectivity index (χ4v) is 4.72. The normalized spacial score (nSPS) is 11.7. The minimum Gasteiger partial charge on any atom is -1.00 e. The number of aromatic nitrogens is 2. The van der Waals surface area contributed by atoms with Gasteiger partial charge >= 0.3 is 0 Å². The van der Waals surface area contributed by atoms with E-state index in [1.165, 1.54) is 0 Å². The van der Waals surface area contributed by atoms with Crippen LogP contribution in [0.3, 0.4) is 0 Å². The van der Waals surface area contributed by atoms with Crippen LogP contribution in [-0.2, 0) is 24.4 Å². The Morgan fingerprint density at radius 1 is 0.833 bits per heavy atom. The predicted octanol–water partition coefficient (Wildman–Crippen LogP) is 5.12. The number of benzene rings is 3. The fraction of sp³-hybridized carbons (Fsp3) is 0.192. The summed E-state index contributed by atoms with van der Waals surface area (Å²) in [4.78, 5) is 0. The van der Waals surface area contributed by atoms with Crippen molar-refractivity contribution in [3.8, 4) is 0 Å². The van der Waals surface area contributed by atoms with Gasteiger partial charge < -0.3 is 27.0 Å². The van der Waals surface area contributed by atoms with Gasteiger partial charge in [-0.2, -0.15) is 0 Å². The van der Waals surface area contributed by atoms with Crippen molar-refractivity contribution in [2.75, 3.05) is 11.9 Å². The van der Waals surface area contributed by atoms with Crippen LogP contribution in [0.25, 0.3) is 0 Å². The van der Waals surface area contributed by atoms with E-state index in [1.807, 2.05) is 61.2 Å². The van der Waals surface area contributed by atoms with Crippen molar-refractivity contribution >= 4 is 63.7 Å². The second kappa shape index (κ2) is 13.9. The highest BCUT2D eigenvalue weighted by Crippen LogP contribution is 2.31. The summed E-state index contributed by atoms with van der Waals surface area (Å²) in [5.74, 6) is 0. The molecule has 4 aromatic rings. The van der Waals surface area contributed by atoms with Crippen molar-refractivity contribution in [1.29, 1.82) is 0 Å². The molecule has 1 atom stereocenters. The predicted molar refractivity (Wildman–Crippen MR) is 145 cm³/mol. The molecule has 36 heavy (non-hydrogen) atoms. The van der Waals surface area contributed by atoms with Crippen molar-refractivity contribution in [2.45, 2.75) is 25.8 Å². The number of imidazole rings is 1. The Morgan fingerprint density at radius 3 is 2.19 bits per heavy atom. The highest BCUT2D eigenvalue weighted by Gasteiger charge is 2.20. The molecule has 0 spiro atoms. The summed E-state index contributed by atoms with van der Waals surface area (Å²) in [5, 5.41) is 6.38. The van der Waals surface area contributed by atoms with Gasteiger partial charge in [0.05, 0.1) is 13.2 Å². The molecular formula is C26H23BrCl5N3O. The van der Waals surface area contributed by atoms with Crippen LogP contribution in [0, 0.1) is 0 Å². The fourth-order valence-electron chi connectivity index (χ4n) is 3.60. The summed E-state index contributed by atoms with van der Waals surface area (Å²) in [6, 6.07) is 18.5. The van der Waals surface area contributed by atoms with E-state index in [2.05, 4.69) is 14.5 Å². The maximum Gasteiger partial charge on any atom is 0.243 e. The molecule has 3 aromatic carbocycles. The molecule has 1 unspecified atom stereocenters. The largest absolute Gasteiger partial charge is 1.00 e. The van der Waals surface area contributed by atoms with Crippen LogP contribution in [-0.4, -0.2) is 11.1 Å². The molecule has 10 heteroatoms. The van der Waals surface area contributed by atoms with Gasteiger partial charge in [0, 0.05) is 36.4 Å². The summed E-state index contributed by atoms with van der Waals surface area (Å²) in [6.45, 7) is 2.44. The van der Waals surface area contributed by atoms with Crippen molar-refractivity contribution < 1.29 is 26.3 Å². The van der Waals surface area contributed by atoms with Gasteiger partial charge in [-0.1, -0.05) is 70.1 Å². The van der Waals surface area contributed by atoms with Crippen LogP contribution in [0.15, 0.2) is 79.4 Å². The molecule has 4 rings (SSSR count). The Labute approximate surface area is 246 Å². The van der Waals surface area contributed by atoms with Gasteiger partial charge in [-0.3, -0.25) is 0 Å². The highest BCUT2D eigenvalue weighted by molar-refractivity contribution is 6.35. The minimum absolute atomic E-state index is 0. The number of hydrogen-bond acceptors (Lipinski definition) is 2. The number of ether oxygens (including phenoxy) is 1. The molecule has 4 nitrogen and oxygen atoms in total. The van der Waals surface area contributed by atoms with Crippen LogP contribution in [0.5, 0.6) is 0 Å². The minimum atomic E-state index is -0.320. The van der Waals surface area contributed by atoms with Crippen molar-refractivity contribution in [1.82, 2.24) is 4.57 Å². The Hall–Kier alpha value is -1.44. The van der Waals surface area contributed by atoms with Gasteiger partial charge in [0.25, 0.3) is 0 Å². The first-order valence-electron chi connectivity index (χ1n) is 10.9. The van der Waals surface area contributed by atoms with Crippen LogP contribution in [0.4, 0.5) is 5.69 Å². The first-order valence-corrected chi connectivity index (χ1v) is 12.8. The van der Waals surface area contributed by atoms with Crippen LogP contribution < -0.4 is 26.9 Å². The molecule has 0 bridgehead atoms. The van der Waals surface area contributed by atoms with Gasteiger partial charge in [-0.15, -0.1) is 0 Å². The topological polar surface area (TPSA) is 30.1 Å². The molecule has 1 aromatic heterocycles. The van der Waals surface area contributed by atoms with E-state index >= 15 is 0 Å². The lowest BCUT2D eigenvalue weighted by Gasteiger charge is -2.19. The molecule has 0 aliphatic heterocycles. The first kappa shape index (κ1) is 29.1. The van der Waals surface area contributed by atoms with Crippen LogP contribution in [0.1, 0.15) is 17.2 Å². The SMILES string of the molecule is Clc1ccc(NCCn2cc[n+](CC(OCc3ccc(Cl)cc3Cl)c3ccc(Cl)cc3Cl)c2)cc1.[Br-]. The molecule has 0 saturated heterocycles. The van der Waals surface area contributed by atoms with E-state index in [-0.39, 0.29) is 23.1 Å². The third-order valence-electron chi connectivity index (χ3n) is 5.43. The Kier molecular flexibility index (Phi) is 11.3. The monoisotopic (exact) mass is 647 g/mol. The van der Waals surface area contributed by atoms with Crippen molar-refractivity contribution in [2.24, 2.45) is 0 Å². The maximum absolute atomic E-state index is 6.53. The highest BCUT2D eigenvalue weighted by atomic mass is 79.9. The molecule has 0 aliphatic rings. The zero-order valence-corrected chi connectivity index (χ0v) is 24.3. The number of hydrogen-bond donors (Lipinski definition) is 1. The third kappa shape index (κ3) is 8.29. The maximum atomic E-state index is 6.53. The standard InChI is InChI=1S/C26H23Cl5N3O.BrH/c27-19-3-6-22(7-4-19)32-9-10-33-11-12-34(17-33)15-26(23-8-5-21(29)14-25(23)31)35-16-18-1-2-20(28)13-24(18)30;/h1-8,11-14,17,26,32H,9-10,15-16H2;1H/q+1;/p-1. The van der Waals surface area contributed by atoms with E-state index < -0.39 is 0 Å². The van der Waals surface area contributed by atoms with Crippen LogP contribution in [0.2, 0.25) is 25.1 Å². The lowest BCUT2D eigenvalue weighted by molar-refractivity contribution is -0.704.